The molecule has 0 radical (unpaired) electrons. The third-order valence-corrected chi connectivity index (χ3v) is 7.30. The van der Waals surface area contributed by atoms with Crippen LogP contribution < -0.4 is 5.32 Å². The summed E-state index contributed by atoms with van der Waals surface area (Å²) in [6, 6.07) is 7.75. The number of pyridine rings is 1. The molecule has 1 aromatic carbocycles. The Kier molecular flexibility index (Phi) is 5.78. The lowest BCUT2D eigenvalue weighted by Gasteiger charge is -2.29. The average molecular weight is 419 g/mol. The van der Waals surface area contributed by atoms with Gasteiger partial charge in [-0.05, 0) is 58.0 Å². The summed E-state index contributed by atoms with van der Waals surface area (Å²) in [5, 5.41) is 3.16. The molecule has 0 atom stereocenters. The highest BCUT2D eigenvalue weighted by Gasteiger charge is 2.29. The molecule has 2 heterocycles. The minimum Gasteiger partial charge on any atom is -0.298 e. The molecule has 0 spiro atoms. The molecule has 9 heteroatoms. The van der Waals surface area contributed by atoms with E-state index >= 15 is 0 Å². The van der Waals surface area contributed by atoms with Gasteiger partial charge in [-0.3, -0.25) is 15.1 Å². The number of hydrogen-bond acceptors (Lipinski definition) is 6. The van der Waals surface area contributed by atoms with E-state index in [-0.39, 0.29) is 22.9 Å². The van der Waals surface area contributed by atoms with Crippen molar-refractivity contribution < 1.29 is 13.2 Å². The second kappa shape index (κ2) is 7.94. The fourth-order valence-electron chi connectivity index (χ4n) is 3.06. The number of nitrogens with zero attached hydrogens (tertiary/aromatic N) is 3. The molecule has 3 aromatic rings. The van der Waals surface area contributed by atoms with Crippen LogP contribution in [0.4, 0.5) is 5.13 Å². The van der Waals surface area contributed by atoms with Crippen LogP contribution >= 0.6 is 11.3 Å². The highest BCUT2D eigenvalue weighted by molar-refractivity contribution is 7.89. The Morgan fingerprint density at radius 1 is 1.07 bits per heavy atom. The Bertz CT molecular complexity index is 1080. The molecule has 0 saturated carbocycles. The number of sulfonamides is 1. The molecule has 1 amide bonds. The van der Waals surface area contributed by atoms with Crippen molar-refractivity contribution in [3.8, 4) is 0 Å². The number of amides is 1. The van der Waals surface area contributed by atoms with Crippen LogP contribution in [0.25, 0.3) is 10.2 Å². The maximum atomic E-state index is 13.1. The van der Waals surface area contributed by atoms with E-state index in [9.17, 15) is 13.2 Å². The summed E-state index contributed by atoms with van der Waals surface area (Å²) < 4.78 is 28.3. The van der Waals surface area contributed by atoms with Crippen LogP contribution in [0.1, 0.15) is 38.1 Å². The normalized spacial score (nSPS) is 12.2. The third-order valence-electron chi connectivity index (χ3n) is 4.12. The van der Waals surface area contributed by atoms with Crippen molar-refractivity contribution in [1.29, 1.82) is 0 Å². The van der Waals surface area contributed by atoms with Crippen molar-refractivity contribution in [3.63, 3.8) is 0 Å². The fraction of sp³-hybridized carbons (Fsp3) is 0.316. The lowest BCUT2D eigenvalue weighted by Crippen LogP contribution is -2.41. The molecule has 3 rings (SSSR count). The number of carbonyl (C=O) groups excluding carboxylic acids is 1. The number of thiazole rings is 1. The smallest absolute Gasteiger partial charge is 0.257 e. The predicted molar refractivity (Wildman–Crippen MR) is 111 cm³/mol. The van der Waals surface area contributed by atoms with Crippen molar-refractivity contribution in [2.75, 3.05) is 5.32 Å². The fourth-order valence-corrected chi connectivity index (χ4v) is 5.90. The van der Waals surface area contributed by atoms with Gasteiger partial charge in [0.1, 0.15) is 0 Å². The standard InChI is InChI=1S/C19H22N4O3S2/c1-12(2)23(13(3)4)28(25,26)15-5-6-16-17(11-15)27-19(21-16)22-18(24)14-7-9-20-10-8-14/h5-13H,1-4H3,(H,21,22,24). The van der Waals surface area contributed by atoms with Crippen molar-refractivity contribution in [1.82, 2.24) is 14.3 Å². The van der Waals surface area contributed by atoms with Crippen LogP contribution in [-0.4, -0.2) is 40.7 Å². The van der Waals surface area contributed by atoms with Gasteiger partial charge < -0.3 is 0 Å². The van der Waals surface area contributed by atoms with Crippen LogP contribution in [0.3, 0.4) is 0 Å². The molecule has 0 fully saturated rings. The number of hydrogen-bond donors (Lipinski definition) is 1. The van der Waals surface area contributed by atoms with Gasteiger partial charge in [0.25, 0.3) is 5.91 Å². The van der Waals surface area contributed by atoms with Gasteiger partial charge >= 0.3 is 0 Å². The van der Waals surface area contributed by atoms with E-state index in [0.717, 1.165) is 0 Å². The maximum Gasteiger partial charge on any atom is 0.257 e. The van der Waals surface area contributed by atoms with E-state index in [4.69, 9.17) is 0 Å². The number of benzene rings is 1. The van der Waals surface area contributed by atoms with Crippen LogP contribution in [0.5, 0.6) is 0 Å². The zero-order valence-corrected chi connectivity index (χ0v) is 17.7. The van der Waals surface area contributed by atoms with Gasteiger partial charge in [0, 0.05) is 30.0 Å². The Balaban J connectivity index is 1.92. The lowest BCUT2D eigenvalue weighted by molar-refractivity contribution is 0.102. The summed E-state index contributed by atoms with van der Waals surface area (Å²) in [6.07, 6.45) is 3.08. The first-order chi connectivity index (χ1) is 13.2. The SMILES string of the molecule is CC(C)N(C(C)C)S(=O)(=O)c1ccc2nc(NC(=O)c3ccncc3)sc2c1. The molecule has 2 aromatic heterocycles. The number of nitrogens with one attached hydrogen (secondary N) is 1. The first-order valence-electron chi connectivity index (χ1n) is 8.85. The lowest BCUT2D eigenvalue weighted by atomic mass is 10.2. The number of rotatable bonds is 6. The summed E-state index contributed by atoms with van der Waals surface area (Å²) in [4.78, 5) is 20.8. The van der Waals surface area contributed by atoms with E-state index in [1.165, 1.54) is 15.6 Å². The highest BCUT2D eigenvalue weighted by Crippen LogP contribution is 2.30. The molecule has 148 valence electrons. The first-order valence-corrected chi connectivity index (χ1v) is 11.1. The van der Waals surface area contributed by atoms with Gasteiger partial charge in [-0.2, -0.15) is 4.31 Å². The van der Waals surface area contributed by atoms with Gasteiger partial charge in [-0.15, -0.1) is 0 Å². The van der Waals surface area contributed by atoms with Gasteiger partial charge in [-0.25, -0.2) is 13.4 Å². The monoisotopic (exact) mass is 418 g/mol. The minimum absolute atomic E-state index is 0.155. The molecule has 7 nitrogen and oxygen atoms in total. The van der Waals surface area contributed by atoms with Crippen LogP contribution in [-0.2, 0) is 10.0 Å². The van der Waals surface area contributed by atoms with E-state index in [2.05, 4.69) is 15.3 Å². The zero-order chi connectivity index (χ0) is 20.5. The molecule has 0 aliphatic rings. The maximum absolute atomic E-state index is 13.1. The van der Waals surface area contributed by atoms with Gasteiger partial charge in [0.05, 0.1) is 15.1 Å². The number of aromatic nitrogens is 2. The topological polar surface area (TPSA) is 92.3 Å². The molecular formula is C19H22N4O3S2. The quantitative estimate of drug-likeness (QED) is 0.658. The van der Waals surface area contributed by atoms with Gasteiger partial charge in [0.2, 0.25) is 10.0 Å². The minimum atomic E-state index is -3.63. The second-order valence-corrected chi connectivity index (χ2v) is 9.73. The van der Waals surface area contributed by atoms with Crippen molar-refractivity contribution in [2.24, 2.45) is 0 Å². The van der Waals surface area contributed by atoms with Crippen LogP contribution in [0.15, 0.2) is 47.6 Å². The van der Waals surface area contributed by atoms with Crippen molar-refractivity contribution >= 4 is 42.6 Å². The molecule has 0 saturated heterocycles. The molecule has 28 heavy (non-hydrogen) atoms. The summed E-state index contributed by atoms with van der Waals surface area (Å²) in [7, 11) is -3.63. The Morgan fingerprint density at radius 3 is 2.32 bits per heavy atom. The second-order valence-electron chi connectivity index (χ2n) is 6.86. The summed E-state index contributed by atoms with van der Waals surface area (Å²) in [5.41, 5.74) is 1.11. The van der Waals surface area contributed by atoms with E-state index in [1.54, 1.807) is 42.7 Å². The van der Waals surface area contributed by atoms with Gasteiger partial charge in [0.15, 0.2) is 5.13 Å². The van der Waals surface area contributed by atoms with Crippen molar-refractivity contribution in [2.45, 2.75) is 44.7 Å². The highest BCUT2D eigenvalue weighted by atomic mass is 32.2. The number of fused-ring (bicyclic) bond motifs is 1. The van der Waals surface area contributed by atoms with E-state index < -0.39 is 10.0 Å². The molecule has 0 aliphatic carbocycles. The molecule has 0 bridgehead atoms. The van der Waals surface area contributed by atoms with E-state index in [0.29, 0.717) is 20.9 Å². The van der Waals surface area contributed by atoms with E-state index in [1.807, 2.05) is 27.7 Å². The van der Waals surface area contributed by atoms with Gasteiger partial charge in [-0.1, -0.05) is 11.3 Å². The Morgan fingerprint density at radius 2 is 1.71 bits per heavy atom. The predicted octanol–water partition coefficient (Wildman–Crippen LogP) is 3.75. The first kappa shape index (κ1) is 20.4. The third kappa shape index (κ3) is 4.06. The largest absolute Gasteiger partial charge is 0.298 e. The van der Waals surface area contributed by atoms with Crippen LogP contribution in [0, 0.1) is 0 Å². The average Bonchev–Trinajstić information content (AvgIpc) is 3.02. The molecule has 0 aliphatic heterocycles. The van der Waals surface area contributed by atoms with Crippen LogP contribution in [0.2, 0.25) is 0 Å². The number of anilines is 1. The summed E-state index contributed by atoms with van der Waals surface area (Å²) in [6.45, 7) is 7.43. The number of carbonyl (C=O) groups is 1. The summed E-state index contributed by atoms with van der Waals surface area (Å²) in [5.74, 6) is -0.292. The molecular weight excluding hydrogens is 396 g/mol. The summed E-state index contributed by atoms with van der Waals surface area (Å²) >= 11 is 1.24. The Labute approximate surface area is 168 Å². The Hall–Kier alpha value is -2.36. The molecule has 1 N–H and O–H groups in total. The molecule has 0 unspecified atom stereocenters. The zero-order valence-electron chi connectivity index (χ0n) is 16.1. The van der Waals surface area contributed by atoms with Crippen molar-refractivity contribution in [3.05, 3.63) is 48.3 Å².